The van der Waals surface area contributed by atoms with Crippen molar-refractivity contribution in [3.05, 3.63) is 32.8 Å². The first-order valence-electron chi connectivity index (χ1n) is 5.82. The molecule has 112 valence electrons. The van der Waals surface area contributed by atoms with Gasteiger partial charge in [0, 0.05) is 17.1 Å². The lowest BCUT2D eigenvalue weighted by Crippen LogP contribution is -2.27. The molecule has 0 aliphatic rings. The lowest BCUT2D eigenvalue weighted by molar-refractivity contribution is -0.387. The van der Waals surface area contributed by atoms with Gasteiger partial charge < -0.3 is 4.90 Å². The highest BCUT2D eigenvalue weighted by Crippen LogP contribution is 2.26. The number of nitro groups is 1. The molecular weight excluding hydrogens is 350 g/mol. The minimum Gasteiger partial charge on any atom is -0.309 e. The molecule has 0 amide bonds. The molecule has 20 heavy (non-hydrogen) atoms. The Balaban J connectivity index is 2.92. The van der Waals surface area contributed by atoms with Gasteiger partial charge in [0.15, 0.2) is 4.90 Å². The number of nitrogens with zero attached hydrogens (tertiary/aromatic N) is 2. The maximum Gasteiger partial charge on any atom is 0.289 e. The highest BCUT2D eigenvalue weighted by Gasteiger charge is 2.25. The van der Waals surface area contributed by atoms with Crippen molar-refractivity contribution in [2.75, 3.05) is 27.2 Å². The van der Waals surface area contributed by atoms with Crippen LogP contribution in [0.5, 0.6) is 0 Å². The van der Waals surface area contributed by atoms with Gasteiger partial charge in [-0.3, -0.25) is 10.1 Å². The number of hydrogen-bond donors (Lipinski definition) is 1. The smallest absolute Gasteiger partial charge is 0.289 e. The molecule has 1 aromatic rings. The molecule has 0 spiro atoms. The second-order valence-corrected chi connectivity index (χ2v) is 7.07. The van der Waals surface area contributed by atoms with Crippen LogP contribution in [0.1, 0.15) is 6.42 Å². The normalized spacial score (nSPS) is 11.8. The molecule has 0 saturated heterocycles. The number of rotatable bonds is 7. The van der Waals surface area contributed by atoms with E-state index in [2.05, 4.69) is 20.7 Å². The van der Waals surface area contributed by atoms with Gasteiger partial charge in [0.05, 0.1) is 4.92 Å². The summed E-state index contributed by atoms with van der Waals surface area (Å²) in [4.78, 5) is 11.8. The topological polar surface area (TPSA) is 92.6 Å². The summed E-state index contributed by atoms with van der Waals surface area (Å²) in [6.07, 6.45) is 0.619. The van der Waals surface area contributed by atoms with E-state index in [1.165, 1.54) is 18.2 Å². The first kappa shape index (κ1) is 17.0. The summed E-state index contributed by atoms with van der Waals surface area (Å²) >= 11 is 3.12. The van der Waals surface area contributed by atoms with Gasteiger partial charge in [-0.05, 0) is 39.2 Å². The minimum absolute atomic E-state index is 0.226. The summed E-state index contributed by atoms with van der Waals surface area (Å²) in [5.41, 5.74) is -0.437. The standard InChI is InChI=1S/C11H16BrN3O4S/c1-14(2)7-3-6-13-20(18,19)11-8-9(12)4-5-10(11)15(16)17/h4-5,8,13H,3,6-7H2,1-2H3. The number of sulfonamides is 1. The van der Waals surface area contributed by atoms with Gasteiger partial charge in [-0.2, -0.15) is 0 Å². The zero-order chi connectivity index (χ0) is 15.3. The van der Waals surface area contributed by atoms with Gasteiger partial charge >= 0.3 is 0 Å². The van der Waals surface area contributed by atoms with E-state index in [9.17, 15) is 18.5 Å². The molecule has 0 heterocycles. The third kappa shape index (κ3) is 4.82. The fraction of sp³-hybridized carbons (Fsp3) is 0.455. The van der Waals surface area contributed by atoms with Gasteiger partial charge in [0.2, 0.25) is 10.0 Å². The summed E-state index contributed by atoms with van der Waals surface area (Å²) in [5.74, 6) is 0. The average molecular weight is 366 g/mol. The second-order valence-electron chi connectivity index (χ2n) is 4.42. The van der Waals surface area contributed by atoms with Crippen LogP contribution in [-0.2, 0) is 10.0 Å². The van der Waals surface area contributed by atoms with Crippen LogP contribution in [0, 0.1) is 10.1 Å². The van der Waals surface area contributed by atoms with Crippen molar-refractivity contribution in [1.29, 1.82) is 0 Å². The molecule has 0 aliphatic carbocycles. The third-order valence-electron chi connectivity index (χ3n) is 2.48. The summed E-state index contributed by atoms with van der Waals surface area (Å²) in [5, 5.41) is 10.9. The Morgan fingerprint density at radius 3 is 2.60 bits per heavy atom. The number of hydrogen-bond acceptors (Lipinski definition) is 5. The number of benzene rings is 1. The fourth-order valence-electron chi connectivity index (χ4n) is 1.53. The van der Waals surface area contributed by atoms with E-state index in [0.717, 1.165) is 6.54 Å². The van der Waals surface area contributed by atoms with Gasteiger partial charge in [0.1, 0.15) is 0 Å². The molecule has 1 rings (SSSR count). The molecule has 1 aromatic carbocycles. The van der Waals surface area contributed by atoms with E-state index in [0.29, 0.717) is 10.9 Å². The molecule has 0 unspecified atom stereocenters. The van der Waals surface area contributed by atoms with E-state index in [4.69, 9.17) is 0 Å². The largest absolute Gasteiger partial charge is 0.309 e. The van der Waals surface area contributed by atoms with Crippen molar-refractivity contribution in [2.24, 2.45) is 0 Å². The molecule has 9 heteroatoms. The Hall–Kier alpha value is -1.03. The second kappa shape index (κ2) is 7.11. The maximum atomic E-state index is 12.1. The zero-order valence-electron chi connectivity index (χ0n) is 11.2. The predicted octanol–water partition coefficient (Wildman–Crippen LogP) is 1.59. The molecule has 1 N–H and O–H groups in total. The van der Waals surface area contributed by atoms with Crippen molar-refractivity contribution in [3.63, 3.8) is 0 Å². The lowest BCUT2D eigenvalue weighted by Gasteiger charge is -2.10. The zero-order valence-corrected chi connectivity index (χ0v) is 13.6. The fourth-order valence-corrected chi connectivity index (χ4v) is 3.31. The Morgan fingerprint density at radius 2 is 2.05 bits per heavy atom. The molecule has 0 fully saturated rings. The van der Waals surface area contributed by atoms with Crippen molar-refractivity contribution in [3.8, 4) is 0 Å². The lowest BCUT2D eigenvalue weighted by atomic mass is 10.3. The molecule has 0 radical (unpaired) electrons. The van der Waals surface area contributed by atoms with Crippen molar-refractivity contribution in [1.82, 2.24) is 9.62 Å². The monoisotopic (exact) mass is 365 g/mol. The van der Waals surface area contributed by atoms with Crippen molar-refractivity contribution in [2.45, 2.75) is 11.3 Å². The van der Waals surface area contributed by atoms with Crippen LogP contribution in [0.25, 0.3) is 0 Å². The molecule has 0 saturated carbocycles. The van der Waals surface area contributed by atoms with Crippen LogP contribution in [0.2, 0.25) is 0 Å². The first-order chi connectivity index (χ1) is 9.24. The summed E-state index contributed by atoms with van der Waals surface area (Å²) in [7, 11) is -0.131. The molecule has 0 bridgehead atoms. The van der Waals surface area contributed by atoms with Crippen LogP contribution in [0.15, 0.2) is 27.6 Å². The molecule has 0 atom stereocenters. The molecule has 7 nitrogen and oxygen atoms in total. The molecular formula is C11H16BrN3O4S. The first-order valence-corrected chi connectivity index (χ1v) is 8.10. The van der Waals surface area contributed by atoms with E-state index < -0.39 is 20.6 Å². The number of nitrogens with one attached hydrogen (secondary N) is 1. The van der Waals surface area contributed by atoms with E-state index >= 15 is 0 Å². The van der Waals surface area contributed by atoms with Crippen LogP contribution >= 0.6 is 15.9 Å². The third-order valence-corrected chi connectivity index (χ3v) is 4.47. The van der Waals surface area contributed by atoms with Gasteiger partial charge in [-0.25, -0.2) is 13.1 Å². The van der Waals surface area contributed by atoms with Crippen LogP contribution in [0.3, 0.4) is 0 Å². The highest BCUT2D eigenvalue weighted by molar-refractivity contribution is 9.10. The molecule has 0 aromatic heterocycles. The summed E-state index contributed by atoms with van der Waals surface area (Å²) in [6.45, 7) is 0.952. The quantitative estimate of drug-likeness (QED) is 0.449. The van der Waals surface area contributed by atoms with Crippen LogP contribution in [-0.4, -0.2) is 45.4 Å². The van der Waals surface area contributed by atoms with Gasteiger partial charge in [0.25, 0.3) is 5.69 Å². The van der Waals surface area contributed by atoms with Crippen LogP contribution in [0.4, 0.5) is 5.69 Å². The van der Waals surface area contributed by atoms with Crippen molar-refractivity contribution < 1.29 is 13.3 Å². The summed E-state index contributed by atoms with van der Waals surface area (Å²) < 4.78 is 27.1. The van der Waals surface area contributed by atoms with Gasteiger partial charge in [-0.15, -0.1) is 0 Å². The maximum absolute atomic E-state index is 12.1. The SMILES string of the molecule is CN(C)CCCNS(=O)(=O)c1cc(Br)ccc1[N+](=O)[O-]. The average Bonchev–Trinajstić information content (AvgIpc) is 2.34. The summed E-state index contributed by atoms with van der Waals surface area (Å²) in [6, 6.07) is 3.83. The van der Waals surface area contributed by atoms with E-state index in [-0.39, 0.29) is 11.4 Å². The predicted molar refractivity (Wildman–Crippen MR) is 79.2 cm³/mol. The minimum atomic E-state index is -3.90. The number of halogens is 1. The Labute approximate surface area is 126 Å². The van der Waals surface area contributed by atoms with Crippen LogP contribution < -0.4 is 4.72 Å². The highest BCUT2D eigenvalue weighted by atomic mass is 79.9. The Bertz CT molecular complexity index is 589. The molecule has 0 aliphatic heterocycles. The Morgan fingerprint density at radius 1 is 1.40 bits per heavy atom. The number of nitro benzene ring substituents is 1. The van der Waals surface area contributed by atoms with E-state index in [1.807, 2.05) is 19.0 Å². The Kier molecular flexibility index (Phi) is 6.06. The van der Waals surface area contributed by atoms with E-state index in [1.54, 1.807) is 0 Å². The van der Waals surface area contributed by atoms with Gasteiger partial charge in [-0.1, -0.05) is 15.9 Å². The van der Waals surface area contributed by atoms with Crippen molar-refractivity contribution >= 4 is 31.6 Å².